The van der Waals surface area contributed by atoms with Crippen molar-refractivity contribution >= 4 is 41.4 Å². The van der Waals surface area contributed by atoms with Gasteiger partial charge in [-0.05, 0) is 30.9 Å². The summed E-state index contributed by atoms with van der Waals surface area (Å²) in [6.45, 7) is 1.35. The standard InChI is InChI=1S/C21H31N5O6S/c1-12(18(28)26-16(21(31)32)11-17(23)27)24-20(30)15(10-13-6-4-3-5-7-13)25-19(29)14(22)8-9-33-2/h3-7,12,14-16H,8-11,22H2,1-2H3,(H2,23,27)(H,24,30)(H,25,29)(H,26,28)(H,31,32). The van der Waals surface area contributed by atoms with Gasteiger partial charge in [0, 0.05) is 6.42 Å². The molecule has 1 aromatic carbocycles. The molecule has 0 bridgehead atoms. The van der Waals surface area contributed by atoms with Crippen LogP contribution in [-0.4, -0.2) is 70.9 Å². The number of rotatable bonds is 14. The summed E-state index contributed by atoms with van der Waals surface area (Å²) in [5, 5.41) is 16.4. The third kappa shape index (κ3) is 10.4. The van der Waals surface area contributed by atoms with E-state index in [2.05, 4.69) is 16.0 Å². The molecule has 12 heteroatoms. The van der Waals surface area contributed by atoms with Crippen LogP contribution in [0.15, 0.2) is 30.3 Å². The lowest BCUT2D eigenvalue weighted by Crippen LogP contribution is -2.57. The van der Waals surface area contributed by atoms with Crippen molar-refractivity contribution in [2.45, 2.75) is 50.4 Å². The van der Waals surface area contributed by atoms with E-state index in [1.54, 1.807) is 36.0 Å². The van der Waals surface area contributed by atoms with Crippen LogP contribution in [0.5, 0.6) is 0 Å². The van der Waals surface area contributed by atoms with E-state index in [9.17, 15) is 24.0 Å². The number of carboxylic acid groups (broad SMARTS) is 1. The number of thioether (sulfide) groups is 1. The van der Waals surface area contributed by atoms with Gasteiger partial charge in [0.1, 0.15) is 18.1 Å². The number of nitrogens with one attached hydrogen (secondary N) is 3. The minimum Gasteiger partial charge on any atom is -0.480 e. The molecular weight excluding hydrogens is 450 g/mol. The van der Waals surface area contributed by atoms with E-state index in [0.29, 0.717) is 12.2 Å². The summed E-state index contributed by atoms with van der Waals surface area (Å²) in [4.78, 5) is 60.0. The van der Waals surface area contributed by atoms with Gasteiger partial charge in [-0.1, -0.05) is 30.3 Å². The van der Waals surface area contributed by atoms with Crippen molar-refractivity contribution in [2.24, 2.45) is 11.5 Å². The highest BCUT2D eigenvalue weighted by Crippen LogP contribution is 2.06. The highest BCUT2D eigenvalue weighted by atomic mass is 32.2. The SMILES string of the molecule is CSCCC(N)C(=O)NC(Cc1ccccc1)C(=O)NC(C)C(=O)NC(CC(N)=O)C(=O)O. The average molecular weight is 482 g/mol. The molecule has 0 radical (unpaired) electrons. The maximum atomic E-state index is 12.9. The number of carbonyl (C=O) groups excluding carboxylic acids is 4. The van der Waals surface area contributed by atoms with Gasteiger partial charge in [-0.3, -0.25) is 19.2 Å². The quantitative estimate of drug-likeness (QED) is 0.189. The van der Waals surface area contributed by atoms with E-state index in [1.165, 1.54) is 6.92 Å². The number of primary amides is 1. The van der Waals surface area contributed by atoms with Gasteiger partial charge in [0.2, 0.25) is 23.6 Å². The molecule has 0 fully saturated rings. The van der Waals surface area contributed by atoms with Gasteiger partial charge < -0.3 is 32.5 Å². The second-order valence-corrected chi connectivity index (χ2v) is 8.42. The lowest BCUT2D eigenvalue weighted by Gasteiger charge is -2.23. The molecule has 8 N–H and O–H groups in total. The summed E-state index contributed by atoms with van der Waals surface area (Å²) in [6.07, 6.45) is 1.88. The molecule has 4 amide bonds. The molecular formula is C21H31N5O6S. The van der Waals surface area contributed by atoms with Crippen molar-refractivity contribution in [1.82, 2.24) is 16.0 Å². The first-order valence-electron chi connectivity index (χ1n) is 10.3. The van der Waals surface area contributed by atoms with Crippen LogP contribution in [0, 0.1) is 0 Å². The maximum absolute atomic E-state index is 12.9. The first-order chi connectivity index (χ1) is 15.5. The number of nitrogens with two attached hydrogens (primary N) is 2. The van der Waals surface area contributed by atoms with Crippen LogP contribution in [0.3, 0.4) is 0 Å². The fraction of sp³-hybridized carbons (Fsp3) is 0.476. The summed E-state index contributed by atoms with van der Waals surface area (Å²) in [6, 6.07) is 4.48. The molecule has 0 aliphatic heterocycles. The third-order valence-electron chi connectivity index (χ3n) is 4.66. The van der Waals surface area contributed by atoms with Crippen molar-refractivity contribution in [3.8, 4) is 0 Å². The summed E-state index contributed by atoms with van der Waals surface area (Å²) in [5.41, 5.74) is 11.7. The van der Waals surface area contributed by atoms with Gasteiger partial charge in [0.05, 0.1) is 12.5 Å². The number of carbonyl (C=O) groups is 5. The molecule has 0 spiro atoms. The molecule has 11 nitrogen and oxygen atoms in total. The third-order valence-corrected chi connectivity index (χ3v) is 5.30. The second kappa shape index (κ2) is 14.1. The van der Waals surface area contributed by atoms with Gasteiger partial charge in [-0.15, -0.1) is 0 Å². The Morgan fingerprint density at radius 2 is 1.58 bits per heavy atom. The van der Waals surface area contributed by atoms with E-state index in [4.69, 9.17) is 16.6 Å². The van der Waals surface area contributed by atoms with Gasteiger partial charge in [-0.2, -0.15) is 11.8 Å². The zero-order chi connectivity index (χ0) is 25.0. The van der Waals surface area contributed by atoms with Crippen LogP contribution in [0.1, 0.15) is 25.3 Å². The van der Waals surface area contributed by atoms with Crippen molar-refractivity contribution < 1.29 is 29.1 Å². The van der Waals surface area contributed by atoms with E-state index in [1.807, 2.05) is 12.3 Å². The Kier molecular flexibility index (Phi) is 11.9. The highest BCUT2D eigenvalue weighted by molar-refractivity contribution is 7.98. The van der Waals surface area contributed by atoms with E-state index in [-0.39, 0.29) is 6.42 Å². The monoisotopic (exact) mass is 481 g/mol. The Balaban J connectivity index is 2.88. The predicted molar refractivity (Wildman–Crippen MR) is 124 cm³/mol. The second-order valence-electron chi connectivity index (χ2n) is 7.44. The van der Waals surface area contributed by atoms with Gasteiger partial charge >= 0.3 is 5.97 Å². The first-order valence-corrected chi connectivity index (χ1v) is 11.6. The van der Waals surface area contributed by atoms with E-state index >= 15 is 0 Å². The molecule has 0 aliphatic rings. The molecule has 0 heterocycles. The number of aliphatic carboxylic acids is 1. The van der Waals surface area contributed by atoms with Gasteiger partial charge in [0.15, 0.2) is 0 Å². The smallest absolute Gasteiger partial charge is 0.326 e. The fourth-order valence-corrected chi connectivity index (χ4v) is 3.28. The lowest BCUT2D eigenvalue weighted by atomic mass is 10.0. The molecule has 182 valence electrons. The zero-order valence-electron chi connectivity index (χ0n) is 18.6. The Labute approximate surface area is 196 Å². The van der Waals surface area contributed by atoms with Crippen molar-refractivity contribution in [2.75, 3.05) is 12.0 Å². The summed E-state index contributed by atoms with van der Waals surface area (Å²) >= 11 is 1.54. The van der Waals surface area contributed by atoms with Crippen LogP contribution >= 0.6 is 11.8 Å². The Morgan fingerprint density at radius 3 is 2.12 bits per heavy atom. The largest absolute Gasteiger partial charge is 0.480 e. The molecule has 0 saturated heterocycles. The summed E-state index contributed by atoms with van der Waals surface area (Å²) in [7, 11) is 0. The molecule has 0 saturated carbocycles. The summed E-state index contributed by atoms with van der Waals surface area (Å²) < 4.78 is 0. The van der Waals surface area contributed by atoms with Crippen LogP contribution < -0.4 is 27.4 Å². The number of amides is 4. The lowest BCUT2D eigenvalue weighted by molar-refractivity contribution is -0.143. The molecule has 0 aromatic heterocycles. The highest BCUT2D eigenvalue weighted by Gasteiger charge is 2.29. The molecule has 0 aliphatic carbocycles. The molecule has 1 aromatic rings. The average Bonchev–Trinajstić information content (AvgIpc) is 2.76. The van der Waals surface area contributed by atoms with Crippen LogP contribution in [0.2, 0.25) is 0 Å². The van der Waals surface area contributed by atoms with Crippen LogP contribution in [-0.2, 0) is 30.4 Å². The van der Waals surface area contributed by atoms with Gasteiger partial charge in [-0.25, -0.2) is 4.79 Å². The molecule has 1 rings (SSSR count). The van der Waals surface area contributed by atoms with E-state index in [0.717, 1.165) is 5.56 Å². The van der Waals surface area contributed by atoms with Gasteiger partial charge in [0.25, 0.3) is 0 Å². The molecule has 33 heavy (non-hydrogen) atoms. The first kappa shape index (κ1) is 27.9. The fourth-order valence-electron chi connectivity index (χ4n) is 2.79. The Morgan fingerprint density at radius 1 is 0.970 bits per heavy atom. The minimum atomic E-state index is -1.52. The normalized spacial score (nSPS) is 14.3. The number of benzene rings is 1. The molecule has 4 atom stereocenters. The van der Waals surface area contributed by atoms with E-state index < -0.39 is 60.2 Å². The van der Waals surface area contributed by atoms with Crippen LogP contribution in [0.4, 0.5) is 0 Å². The minimum absolute atomic E-state index is 0.154. The number of hydrogen-bond donors (Lipinski definition) is 6. The van der Waals surface area contributed by atoms with Crippen molar-refractivity contribution in [3.63, 3.8) is 0 Å². The summed E-state index contributed by atoms with van der Waals surface area (Å²) in [5.74, 6) is -3.62. The number of carboxylic acids is 1. The Bertz CT molecular complexity index is 838. The predicted octanol–water partition coefficient (Wildman–Crippen LogP) is -1.26. The van der Waals surface area contributed by atoms with Crippen molar-refractivity contribution in [1.29, 1.82) is 0 Å². The van der Waals surface area contributed by atoms with Crippen molar-refractivity contribution in [3.05, 3.63) is 35.9 Å². The zero-order valence-corrected chi connectivity index (χ0v) is 19.4. The Hall–Kier alpha value is -3.12. The maximum Gasteiger partial charge on any atom is 0.326 e. The molecule has 4 unspecified atom stereocenters. The van der Waals surface area contributed by atoms with Crippen LogP contribution in [0.25, 0.3) is 0 Å². The number of hydrogen-bond acceptors (Lipinski definition) is 7. The topological polar surface area (TPSA) is 194 Å².